The van der Waals surface area contributed by atoms with Gasteiger partial charge in [0, 0.05) is 6.04 Å². The molecule has 0 unspecified atom stereocenters. The minimum absolute atomic E-state index is 0.583. The van der Waals surface area contributed by atoms with Crippen LogP contribution in [0.5, 0.6) is 5.75 Å². The van der Waals surface area contributed by atoms with E-state index in [-0.39, 0.29) is 0 Å². The van der Waals surface area contributed by atoms with Crippen molar-refractivity contribution in [3.05, 3.63) is 29.3 Å². The van der Waals surface area contributed by atoms with Gasteiger partial charge < -0.3 is 10.1 Å². The minimum atomic E-state index is 0.583. The fraction of sp³-hybridized carbons (Fsp3) is 0.667. The number of aryl methyl sites for hydroxylation is 1. The Morgan fingerprint density at radius 3 is 2.65 bits per heavy atom. The van der Waals surface area contributed by atoms with Crippen LogP contribution in [-0.4, -0.2) is 19.2 Å². The zero-order chi connectivity index (χ0) is 14.4. The first-order valence-electron chi connectivity index (χ1n) is 8.13. The van der Waals surface area contributed by atoms with E-state index in [0.29, 0.717) is 5.92 Å². The summed E-state index contributed by atoms with van der Waals surface area (Å²) in [6.45, 7) is 8.52. The number of nitrogens with one attached hydrogen (secondary N) is 1. The summed E-state index contributed by atoms with van der Waals surface area (Å²) in [6.07, 6.45) is 6.60. The molecule has 2 rings (SSSR count). The second-order valence-electron chi connectivity index (χ2n) is 6.31. The molecule has 0 bridgehead atoms. The van der Waals surface area contributed by atoms with Crippen LogP contribution >= 0.6 is 0 Å². The summed E-state index contributed by atoms with van der Waals surface area (Å²) in [7, 11) is 0. The lowest BCUT2D eigenvalue weighted by atomic mass is 9.98. The highest BCUT2D eigenvalue weighted by atomic mass is 16.5. The van der Waals surface area contributed by atoms with Crippen molar-refractivity contribution in [3.63, 3.8) is 0 Å². The van der Waals surface area contributed by atoms with Crippen molar-refractivity contribution in [1.82, 2.24) is 5.32 Å². The van der Waals surface area contributed by atoms with Gasteiger partial charge in [-0.2, -0.15) is 0 Å². The van der Waals surface area contributed by atoms with Gasteiger partial charge in [-0.25, -0.2) is 0 Å². The first kappa shape index (κ1) is 15.4. The van der Waals surface area contributed by atoms with E-state index in [0.717, 1.165) is 31.4 Å². The molecule has 2 heteroatoms. The van der Waals surface area contributed by atoms with E-state index < -0.39 is 0 Å². The Bertz CT molecular complexity index is 408. The molecule has 0 amide bonds. The van der Waals surface area contributed by atoms with E-state index in [1.54, 1.807) is 0 Å². The molecule has 1 aliphatic rings. The Morgan fingerprint density at radius 1 is 1.25 bits per heavy atom. The molecule has 1 saturated carbocycles. The van der Waals surface area contributed by atoms with Crippen LogP contribution in [0.2, 0.25) is 0 Å². The van der Waals surface area contributed by atoms with Gasteiger partial charge in [0.25, 0.3) is 0 Å². The molecule has 112 valence electrons. The molecule has 1 N–H and O–H groups in total. The van der Waals surface area contributed by atoms with Crippen LogP contribution in [0, 0.1) is 6.92 Å². The molecule has 0 aromatic heterocycles. The van der Waals surface area contributed by atoms with Gasteiger partial charge in [0.15, 0.2) is 0 Å². The lowest BCUT2D eigenvalue weighted by Crippen LogP contribution is -2.27. The maximum atomic E-state index is 5.85. The largest absolute Gasteiger partial charge is 0.494 e. The maximum Gasteiger partial charge on any atom is 0.119 e. The van der Waals surface area contributed by atoms with Gasteiger partial charge in [0.2, 0.25) is 0 Å². The zero-order valence-electron chi connectivity index (χ0n) is 13.2. The predicted molar refractivity (Wildman–Crippen MR) is 85.6 cm³/mol. The third kappa shape index (κ3) is 4.52. The average Bonchev–Trinajstić information content (AvgIpc) is 2.91. The van der Waals surface area contributed by atoms with Gasteiger partial charge in [-0.05, 0) is 61.9 Å². The molecule has 0 radical (unpaired) electrons. The molecular formula is C18H29NO. The highest BCUT2D eigenvalue weighted by Crippen LogP contribution is 2.23. The Kier molecular flexibility index (Phi) is 5.90. The predicted octanol–water partition coefficient (Wildman–Crippen LogP) is 4.42. The minimum Gasteiger partial charge on any atom is -0.494 e. The number of ether oxygens (including phenoxy) is 1. The lowest BCUT2D eigenvalue weighted by molar-refractivity contribution is 0.304. The van der Waals surface area contributed by atoms with Gasteiger partial charge in [-0.3, -0.25) is 0 Å². The molecule has 1 fully saturated rings. The van der Waals surface area contributed by atoms with Crippen molar-refractivity contribution in [2.45, 2.75) is 64.8 Å². The van der Waals surface area contributed by atoms with Crippen molar-refractivity contribution in [1.29, 1.82) is 0 Å². The third-order valence-corrected chi connectivity index (χ3v) is 4.24. The number of hydrogen-bond donors (Lipinski definition) is 1. The first-order chi connectivity index (χ1) is 9.66. The van der Waals surface area contributed by atoms with Crippen LogP contribution in [0.4, 0.5) is 0 Å². The van der Waals surface area contributed by atoms with E-state index in [9.17, 15) is 0 Å². The van der Waals surface area contributed by atoms with E-state index in [1.165, 1.54) is 36.8 Å². The van der Waals surface area contributed by atoms with Gasteiger partial charge in [0.05, 0.1) is 6.61 Å². The van der Waals surface area contributed by atoms with Gasteiger partial charge >= 0.3 is 0 Å². The molecule has 0 spiro atoms. The molecule has 2 nitrogen and oxygen atoms in total. The second kappa shape index (κ2) is 7.68. The van der Waals surface area contributed by atoms with Crippen molar-refractivity contribution >= 4 is 0 Å². The second-order valence-corrected chi connectivity index (χ2v) is 6.31. The highest BCUT2D eigenvalue weighted by molar-refractivity contribution is 5.36. The summed E-state index contributed by atoms with van der Waals surface area (Å²) in [5.41, 5.74) is 2.75. The highest BCUT2D eigenvalue weighted by Gasteiger charge is 2.13. The smallest absolute Gasteiger partial charge is 0.119 e. The molecular weight excluding hydrogens is 246 g/mol. The SMILES string of the molecule is Cc1cc(OCCCNC2CCCC2)ccc1C(C)C. The third-order valence-electron chi connectivity index (χ3n) is 4.24. The fourth-order valence-electron chi connectivity index (χ4n) is 3.08. The summed E-state index contributed by atoms with van der Waals surface area (Å²) >= 11 is 0. The van der Waals surface area contributed by atoms with Crippen LogP contribution in [0.25, 0.3) is 0 Å². The van der Waals surface area contributed by atoms with Gasteiger partial charge in [0.1, 0.15) is 5.75 Å². The summed E-state index contributed by atoms with van der Waals surface area (Å²) in [5, 5.41) is 3.62. The van der Waals surface area contributed by atoms with E-state index in [4.69, 9.17) is 4.74 Å². The van der Waals surface area contributed by atoms with Crippen molar-refractivity contribution in [2.75, 3.05) is 13.2 Å². The number of rotatable bonds is 7. The Hall–Kier alpha value is -1.02. The van der Waals surface area contributed by atoms with Crippen LogP contribution < -0.4 is 10.1 Å². The first-order valence-corrected chi connectivity index (χ1v) is 8.13. The standard InChI is InChI=1S/C18H29NO/c1-14(2)18-10-9-17(13-15(18)3)20-12-6-11-19-16-7-4-5-8-16/h9-10,13-14,16,19H,4-8,11-12H2,1-3H3. The summed E-state index contributed by atoms with van der Waals surface area (Å²) in [6, 6.07) is 7.24. The Balaban J connectivity index is 1.67. The number of hydrogen-bond acceptors (Lipinski definition) is 2. The quantitative estimate of drug-likeness (QED) is 0.744. The Labute approximate surface area is 123 Å². The van der Waals surface area contributed by atoms with Crippen molar-refractivity contribution < 1.29 is 4.74 Å². The average molecular weight is 275 g/mol. The molecule has 1 aromatic carbocycles. The maximum absolute atomic E-state index is 5.85. The van der Waals surface area contributed by atoms with Crippen molar-refractivity contribution in [3.8, 4) is 5.75 Å². The fourth-order valence-corrected chi connectivity index (χ4v) is 3.08. The molecule has 20 heavy (non-hydrogen) atoms. The number of benzene rings is 1. The molecule has 0 aliphatic heterocycles. The van der Waals surface area contributed by atoms with E-state index >= 15 is 0 Å². The van der Waals surface area contributed by atoms with E-state index in [1.807, 2.05) is 0 Å². The normalized spacial score (nSPS) is 16.0. The molecule has 0 heterocycles. The van der Waals surface area contributed by atoms with Crippen LogP contribution in [-0.2, 0) is 0 Å². The van der Waals surface area contributed by atoms with Gasteiger partial charge in [-0.1, -0.05) is 32.8 Å². The van der Waals surface area contributed by atoms with Gasteiger partial charge in [-0.15, -0.1) is 0 Å². The summed E-state index contributed by atoms with van der Waals surface area (Å²) in [5.74, 6) is 1.59. The summed E-state index contributed by atoms with van der Waals surface area (Å²) in [4.78, 5) is 0. The van der Waals surface area contributed by atoms with Crippen LogP contribution in [0.15, 0.2) is 18.2 Å². The summed E-state index contributed by atoms with van der Waals surface area (Å²) < 4.78 is 5.85. The molecule has 1 aromatic rings. The van der Waals surface area contributed by atoms with E-state index in [2.05, 4.69) is 44.3 Å². The van der Waals surface area contributed by atoms with Crippen molar-refractivity contribution in [2.24, 2.45) is 0 Å². The molecule has 0 saturated heterocycles. The topological polar surface area (TPSA) is 21.3 Å². The zero-order valence-corrected chi connectivity index (χ0v) is 13.2. The van der Waals surface area contributed by atoms with Crippen LogP contribution in [0.3, 0.4) is 0 Å². The Morgan fingerprint density at radius 2 is 2.00 bits per heavy atom. The van der Waals surface area contributed by atoms with Crippen LogP contribution in [0.1, 0.15) is 63.0 Å². The molecule has 1 aliphatic carbocycles. The monoisotopic (exact) mass is 275 g/mol. The molecule has 0 atom stereocenters. The lowest BCUT2D eigenvalue weighted by Gasteiger charge is -2.14.